The van der Waals surface area contributed by atoms with Gasteiger partial charge in [-0.1, -0.05) is 30.7 Å². The van der Waals surface area contributed by atoms with Gasteiger partial charge in [0.1, 0.15) is 6.04 Å². The van der Waals surface area contributed by atoms with Gasteiger partial charge in [0.25, 0.3) is 5.56 Å². The van der Waals surface area contributed by atoms with Crippen molar-refractivity contribution in [1.29, 1.82) is 0 Å². The molecule has 1 fully saturated rings. The number of anilines is 3. The summed E-state index contributed by atoms with van der Waals surface area (Å²) in [4.78, 5) is 49.0. The highest BCUT2D eigenvalue weighted by Gasteiger charge is 2.33. The fourth-order valence-corrected chi connectivity index (χ4v) is 7.35. The van der Waals surface area contributed by atoms with Crippen molar-refractivity contribution >= 4 is 40.5 Å². The average molecular weight is 671 g/mol. The van der Waals surface area contributed by atoms with Crippen LogP contribution in [0.3, 0.4) is 0 Å². The molecule has 252 valence electrons. The molecule has 2 aromatic heterocycles. The van der Waals surface area contributed by atoms with Crippen LogP contribution in [0.1, 0.15) is 53.3 Å². The number of carbonyl (C=O) groups is 2. The van der Waals surface area contributed by atoms with Crippen molar-refractivity contribution in [2.24, 2.45) is 7.05 Å². The van der Waals surface area contributed by atoms with Crippen LogP contribution in [0.15, 0.2) is 59.5 Å². The van der Waals surface area contributed by atoms with Crippen molar-refractivity contribution in [3.05, 3.63) is 86.6 Å². The zero-order valence-corrected chi connectivity index (χ0v) is 28.4. The van der Waals surface area contributed by atoms with Crippen LogP contribution in [0.4, 0.5) is 22.0 Å². The number of nitrogens with one attached hydrogen (secondary N) is 2. The number of likely N-dealkylation sites (N-methyl/N-ethyl adjacent to an activating group) is 1. The molecule has 3 N–H and O–H groups in total. The number of hydrogen-bond donors (Lipinski definition) is 3. The lowest BCUT2D eigenvalue weighted by Gasteiger charge is -2.39. The topological polar surface area (TPSA) is 129 Å². The third-order valence-electron chi connectivity index (χ3n) is 9.13. The number of fused-ring (bicyclic) bond motifs is 1. The van der Waals surface area contributed by atoms with Gasteiger partial charge in [0.15, 0.2) is 10.9 Å². The zero-order valence-electron chi connectivity index (χ0n) is 27.6. The summed E-state index contributed by atoms with van der Waals surface area (Å²) in [5, 5.41) is 16.0. The molecule has 0 bridgehead atoms. The molecule has 0 spiro atoms. The number of nitrogens with zero attached hydrogens (tertiary/aromatic N) is 4. The zero-order chi connectivity index (χ0) is 33.8. The van der Waals surface area contributed by atoms with Gasteiger partial charge in [-0.25, -0.2) is 9.78 Å². The van der Waals surface area contributed by atoms with Gasteiger partial charge in [0.05, 0.1) is 12.3 Å². The number of aromatic nitrogens is 2. The predicted molar refractivity (Wildman–Crippen MR) is 188 cm³/mol. The van der Waals surface area contributed by atoms with E-state index in [4.69, 9.17) is 9.72 Å². The van der Waals surface area contributed by atoms with E-state index in [2.05, 4.69) is 15.5 Å². The number of likely N-dealkylation sites (tertiary alicyclic amines) is 1. The van der Waals surface area contributed by atoms with Crippen LogP contribution in [0, 0.1) is 6.92 Å². The molecule has 0 saturated carbocycles. The molecular formula is C36H42N6O5S. The van der Waals surface area contributed by atoms with Crippen LogP contribution < -0.4 is 20.9 Å². The first-order valence-electron chi connectivity index (χ1n) is 16.5. The van der Waals surface area contributed by atoms with Crippen molar-refractivity contribution in [3.8, 4) is 16.3 Å². The van der Waals surface area contributed by atoms with Gasteiger partial charge in [-0.3, -0.25) is 19.8 Å². The first kappa shape index (κ1) is 33.4. The number of rotatable bonds is 10. The van der Waals surface area contributed by atoms with Gasteiger partial charge in [0, 0.05) is 61.7 Å². The van der Waals surface area contributed by atoms with Crippen molar-refractivity contribution in [1.82, 2.24) is 19.4 Å². The molecule has 1 atom stereocenters. The Morgan fingerprint density at radius 3 is 2.58 bits per heavy atom. The molecule has 12 heteroatoms. The second-order valence-electron chi connectivity index (χ2n) is 12.5. The minimum atomic E-state index is -0.552. The highest BCUT2D eigenvalue weighted by Crippen LogP contribution is 2.35. The molecule has 1 unspecified atom stereocenters. The van der Waals surface area contributed by atoms with E-state index in [1.54, 1.807) is 36.5 Å². The Kier molecular flexibility index (Phi) is 10.2. The summed E-state index contributed by atoms with van der Waals surface area (Å²) in [5.74, 6) is 0.0871. The molecule has 3 heterocycles. The second kappa shape index (κ2) is 14.7. The SMILES string of the molecule is Cc1c(NC(=O)Oc2cc3c(s2)CCCCC3)cccc1-c1cn(C)c(=O)c(Nc2ccc(C(C(=O)N(C)CCO)N3CCC3)cc2)n1. The van der Waals surface area contributed by atoms with E-state index in [0.717, 1.165) is 55.5 Å². The second-order valence-corrected chi connectivity index (χ2v) is 13.6. The summed E-state index contributed by atoms with van der Waals surface area (Å²) >= 11 is 1.55. The van der Waals surface area contributed by atoms with E-state index >= 15 is 0 Å². The largest absolute Gasteiger partial charge is 0.417 e. The lowest BCUT2D eigenvalue weighted by Crippen LogP contribution is -2.48. The molecule has 2 aliphatic rings. The number of thiophene rings is 1. The van der Waals surface area contributed by atoms with Crippen molar-refractivity contribution in [2.75, 3.05) is 43.9 Å². The van der Waals surface area contributed by atoms with Crippen LogP contribution in [-0.4, -0.2) is 69.7 Å². The molecular weight excluding hydrogens is 629 g/mol. The Morgan fingerprint density at radius 2 is 1.85 bits per heavy atom. The maximum absolute atomic E-state index is 13.2. The fourth-order valence-electron chi connectivity index (χ4n) is 6.25. The van der Waals surface area contributed by atoms with Crippen molar-refractivity contribution in [2.45, 2.75) is 51.5 Å². The molecule has 1 aliphatic carbocycles. The molecule has 0 radical (unpaired) electrons. The number of carbonyl (C=O) groups excluding carboxylic acids is 2. The smallest absolute Gasteiger partial charge is 0.399 e. The average Bonchev–Trinajstić information content (AvgIpc) is 3.29. The first-order chi connectivity index (χ1) is 23.2. The molecule has 1 saturated heterocycles. The molecule has 4 aromatic rings. The third kappa shape index (κ3) is 7.30. The Labute approximate surface area is 284 Å². The molecule has 11 nitrogen and oxygen atoms in total. The summed E-state index contributed by atoms with van der Waals surface area (Å²) in [6.07, 6.45) is 7.78. The van der Waals surface area contributed by atoms with Gasteiger partial charge in [-0.05, 0) is 80.0 Å². The molecule has 6 rings (SSSR count). The number of aliphatic hydroxyl groups excluding tert-OH is 1. The van der Waals surface area contributed by atoms with E-state index in [9.17, 15) is 19.5 Å². The highest BCUT2D eigenvalue weighted by atomic mass is 32.1. The Morgan fingerprint density at radius 1 is 1.08 bits per heavy atom. The van der Waals surface area contributed by atoms with Crippen LogP contribution in [0.25, 0.3) is 11.3 Å². The number of aryl methyl sites for hydroxylation is 3. The number of benzene rings is 2. The minimum Gasteiger partial charge on any atom is -0.399 e. The fraction of sp³-hybridized carbons (Fsp3) is 0.389. The van der Waals surface area contributed by atoms with Gasteiger partial charge in [-0.2, -0.15) is 0 Å². The van der Waals surface area contributed by atoms with Crippen molar-refractivity contribution in [3.63, 3.8) is 0 Å². The van der Waals surface area contributed by atoms with E-state index in [1.807, 2.05) is 55.5 Å². The van der Waals surface area contributed by atoms with Crippen LogP contribution in [0.5, 0.6) is 5.06 Å². The molecule has 2 aromatic carbocycles. The van der Waals surface area contributed by atoms with Crippen LogP contribution in [-0.2, 0) is 24.7 Å². The van der Waals surface area contributed by atoms with E-state index in [1.165, 1.54) is 27.8 Å². The Balaban J connectivity index is 1.18. The highest BCUT2D eigenvalue weighted by molar-refractivity contribution is 7.14. The summed E-state index contributed by atoms with van der Waals surface area (Å²) in [7, 11) is 3.37. The summed E-state index contributed by atoms with van der Waals surface area (Å²) in [6, 6.07) is 14.5. The van der Waals surface area contributed by atoms with Gasteiger partial charge < -0.3 is 24.6 Å². The van der Waals surface area contributed by atoms with E-state index in [-0.39, 0.29) is 30.4 Å². The lowest BCUT2D eigenvalue weighted by molar-refractivity contribution is -0.138. The Bertz CT molecular complexity index is 1830. The first-order valence-corrected chi connectivity index (χ1v) is 17.3. The quantitative estimate of drug-likeness (QED) is 0.185. The molecule has 1 aliphatic heterocycles. The number of amides is 2. The lowest BCUT2D eigenvalue weighted by atomic mass is 10.00. The van der Waals surface area contributed by atoms with Gasteiger partial charge >= 0.3 is 6.09 Å². The summed E-state index contributed by atoms with van der Waals surface area (Å²) < 4.78 is 7.15. The summed E-state index contributed by atoms with van der Waals surface area (Å²) in [5.41, 5.74) is 5.17. The minimum absolute atomic E-state index is 0.0614. The third-order valence-corrected chi connectivity index (χ3v) is 10.2. The van der Waals surface area contributed by atoms with Crippen LogP contribution in [0.2, 0.25) is 0 Å². The van der Waals surface area contributed by atoms with Gasteiger partial charge in [-0.15, -0.1) is 11.3 Å². The van der Waals surface area contributed by atoms with E-state index in [0.29, 0.717) is 22.1 Å². The molecule has 48 heavy (non-hydrogen) atoms. The van der Waals surface area contributed by atoms with Crippen molar-refractivity contribution < 1.29 is 19.4 Å². The monoisotopic (exact) mass is 670 g/mol. The van der Waals surface area contributed by atoms with E-state index < -0.39 is 12.1 Å². The number of ether oxygens (including phenoxy) is 1. The number of aliphatic hydroxyl groups is 1. The van der Waals surface area contributed by atoms with Crippen LogP contribution >= 0.6 is 11.3 Å². The maximum atomic E-state index is 13.2. The Hall–Kier alpha value is -4.52. The predicted octanol–water partition coefficient (Wildman–Crippen LogP) is 5.64. The maximum Gasteiger partial charge on any atom is 0.417 e. The standard InChI is InChI=1S/C36H42N6O5S/c1-23-27(10-7-11-28(23)39-36(46)47-31-21-25-9-5-4-6-12-30(25)48-31)29-22-41(3)35(45)33(38-29)37-26-15-13-24(14-16-26)32(42-17-8-18-42)34(44)40(2)19-20-43/h7,10-11,13-16,21-22,32,43H,4-6,8-9,12,17-20H2,1-3H3,(H,37,38)(H,39,46). The normalized spacial score (nSPS) is 15.1. The van der Waals surface area contributed by atoms with Gasteiger partial charge in [0.2, 0.25) is 5.91 Å². The number of hydrogen-bond acceptors (Lipinski definition) is 9. The summed E-state index contributed by atoms with van der Waals surface area (Å²) in [6.45, 7) is 3.74. The molecule has 2 amide bonds.